The standard InChI is InChI=1S/C62H108NO8P/c1-6-8-10-12-14-16-18-20-22-24-26-28-30-31-33-35-37-39-41-43-45-47-49-51-53-55-62(65)71-60(59-70-72(66,67)69-57-56-63(3,4)5)58-68-61(64)54-52-50-48-46-44-42-40-38-36-34-32-29-27-25-23-21-19-17-15-13-11-9-7-2/h8,10,14,16,20,22,25-28,31,33,37,39,43,45,60H,6-7,9,11-13,15,17-19,21,23-24,29-30,32,34-36,38,40-42,44,46-59H2,1-5H3/b10-8-,16-14-,22-20-,27-25-,28-26-,33-31-,39-37-,45-43-. The van der Waals surface area contributed by atoms with E-state index in [1.807, 2.05) is 21.1 Å². The molecule has 414 valence electrons. The molecular weight excluding hydrogens is 918 g/mol. The van der Waals surface area contributed by atoms with Gasteiger partial charge in [-0.05, 0) is 96.3 Å². The molecular formula is C62H108NO8P. The van der Waals surface area contributed by atoms with Crippen LogP contribution in [0.3, 0.4) is 0 Å². The van der Waals surface area contributed by atoms with Crippen molar-refractivity contribution in [2.75, 3.05) is 47.5 Å². The normalized spacial score (nSPS) is 14.0. The average molecular weight is 1030 g/mol. The first-order valence-electron chi connectivity index (χ1n) is 28.9. The van der Waals surface area contributed by atoms with E-state index in [1.165, 1.54) is 116 Å². The fraction of sp³-hybridized carbons (Fsp3) is 0.710. The summed E-state index contributed by atoms with van der Waals surface area (Å²) in [5.74, 6) is -0.875. The molecule has 2 unspecified atom stereocenters. The number of hydrogen-bond acceptors (Lipinski definition) is 8. The number of carbonyl (C=O) groups excluding carboxylic acids is 2. The van der Waals surface area contributed by atoms with Gasteiger partial charge in [-0.15, -0.1) is 0 Å². The van der Waals surface area contributed by atoms with Gasteiger partial charge in [0.15, 0.2) is 6.10 Å². The Morgan fingerprint density at radius 2 is 0.792 bits per heavy atom. The van der Waals surface area contributed by atoms with E-state index in [2.05, 4.69) is 111 Å². The second-order valence-corrected chi connectivity index (χ2v) is 21.7. The van der Waals surface area contributed by atoms with Gasteiger partial charge < -0.3 is 27.9 Å². The minimum Gasteiger partial charge on any atom is -0.756 e. The molecule has 0 saturated heterocycles. The smallest absolute Gasteiger partial charge is 0.306 e. The van der Waals surface area contributed by atoms with Gasteiger partial charge in [0.05, 0.1) is 27.7 Å². The summed E-state index contributed by atoms with van der Waals surface area (Å²) in [7, 11) is 1.13. The van der Waals surface area contributed by atoms with Crippen molar-refractivity contribution in [3.63, 3.8) is 0 Å². The van der Waals surface area contributed by atoms with Crippen molar-refractivity contribution in [1.29, 1.82) is 0 Å². The van der Waals surface area contributed by atoms with Crippen LogP contribution in [-0.2, 0) is 32.7 Å². The van der Waals surface area contributed by atoms with Gasteiger partial charge in [0, 0.05) is 12.8 Å². The Kier molecular flexibility index (Phi) is 50.5. The lowest BCUT2D eigenvalue weighted by Gasteiger charge is -2.28. The van der Waals surface area contributed by atoms with Gasteiger partial charge >= 0.3 is 11.9 Å². The highest BCUT2D eigenvalue weighted by atomic mass is 31.2. The molecule has 2 atom stereocenters. The number of phosphoric ester groups is 1. The van der Waals surface area contributed by atoms with Crippen molar-refractivity contribution in [2.24, 2.45) is 0 Å². The Bertz CT molecular complexity index is 1540. The highest BCUT2D eigenvalue weighted by Crippen LogP contribution is 2.38. The van der Waals surface area contributed by atoms with E-state index in [1.54, 1.807) is 0 Å². The van der Waals surface area contributed by atoms with E-state index in [0.29, 0.717) is 17.4 Å². The lowest BCUT2D eigenvalue weighted by molar-refractivity contribution is -0.870. The Balaban J connectivity index is 4.27. The molecule has 0 fully saturated rings. The van der Waals surface area contributed by atoms with Crippen LogP contribution in [0.1, 0.15) is 232 Å². The van der Waals surface area contributed by atoms with Crippen LogP contribution in [-0.4, -0.2) is 70.0 Å². The van der Waals surface area contributed by atoms with Crippen LogP contribution in [0.2, 0.25) is 0 Å². The van der Waals surface area contributed by atoms with Crippen molar-refractivity contribution in [1.82, 2.24) is 0 Å². The number of phosphoric acid groups is 1. The largest absolute Gasteiger partial charge is 0.756 e. The van der Waals surface area contributed by atoms with Crippen LogP contribution in [0.5, 0.6) is 0 Å². The topological polar surface area (TPSA) is 111 Å². The van der Waals surface area contributed by atoms with E-state index in [0.717, 1.165) is 83.5 Å². The highest BCUT2D eigenvalue weighted by Gasteiger charge is 2.21. The minimum absolute atomic E-state index is 0.0425. The Hall–Kier alpha value is -3.07. The van der Waals surface area contributed by atoms with Crippen molar-refractivity contribution < 1.29 is 42.1 Å². The summed E-state index contributed by atoms with van der Waals surface area (Å²) in [5, 5.41) is 0. The summed E-state index contributed by atoms with van der Waals surface area (Å²) in [6, 6.07) is 0. The van der Waals surface area contributed by atoms with E-state index in [9.17, 15) is 19.0 Å². The number of allylic oxidation sites excluding steroid dienone is 16. The lowest BCUT2D eigenvalue weighted by Crippen LogP contribution is -2.37. The molecule has 0 N–H and O–H groups in total. The molecule has 0 heterocycles. The van der Waals surface area contributed by atoms with Crippen molar-refractivity contribution in [3.8, 4) is 0 Å². The number of esters is 2. The average Bonchev–Trinajstić information content (AvgIpc) is 3.34. The third kappa shape index (κ3) is 56.2. The van der Waals surface area contributed by atoms with E-state index >= 15 is 0 Å². The van der Waals surface area contributed by atoms with E-state index < -0.39 is 32.5 Å². The molecule has 72 heavy (non-hydrogen) atoms. The van der Waals surface area contributed by atoms with Crippen molar-refractivity contribution >= 4 is 19.8 Å². The first-order chi connectivity index (χ1) is 35.0. The SMILES string of the molecule is CC/C=C\C/C=C\C/C=C\C/C=C\C/C=C\C/C=C\C/C=C\CCCCCC(=O)OC(COC(=O)CCCCCCCCCCCCC/C=C\CCCCCCCCCC)COP(=O)([O-])OCC[N+](C)(C)C. The zero-order valence-electron chi connectivity index (χ0n) is 46.8. The predicted molar refractivity (Wildman–Crippen MR) is 305 cm³/mol. The zero-order chi connectivity index (χ0) is 52.7. The number of hydrogen-bond donors (Lipinski definition) is 0. The van der Waals surface area contributed by atoms with Crippen LogP contribution in [0.25, 0.3) is 0 Å². The van der Waals surface area contributed by atoms with Crippen molar-refractivity contribution in [3.05, 3.63) is 97.2 Å². The van der Waals surface area contributed by atoms with Gasteiger partial charge in [0.25, 0.3) is 7.82 Å². The molecule has 0 aliphatic rings. The molecule has 0 bridgehead atoms. The molecule has 0 aromatic carbocycles. The summed E-state index contributed by atoms with van der Waals surface area (Å²) in [6.07, 6.45) is 71.6. The summed E-state index contributed by atoms with van der Waals surface area (Å²) < 4.78 is 34.1. The molecule has 0 aliphatic heterocycles. The van der Waals surface area contributed by atoms with E-state index in [-0.39, 0.29) is 26.1 Å². The maximum absolute atomic E-state index is 12.8. The maximum atomic E-state index is 12.8. The lowest BCUT2D eigenvalue weighted by atomic mass is 10.0. The fourth-order valence-corrected chi connectivity index (χ4v) is 8.36. The Labute approximate surface area is 443 Å². The van der Waals surface area contributed by atoms with Crippen LogP contribution < -0.4 is 4.89 Å². The molecule has 0 spiro atoms. The first kappa shape index (κ1) is 68.9. The number of rotatable bonds is 52. The number of quaternary nitrogens is 1. The van der Waals surface area contributed by atoms with Crippen LogP contribution in [0.15, 0.2) is 97.2 Å². The van der Waals surface area contributed by atoms with Gasteiger partial charge in [0.1, 0.15) is 19.8 Å². The molecule has 10 heteroatoms. The van der Waals surface area contributed by atoms with Crippen LogP contribution in [0.4, 0.5) is 0 Å². The molecule has 0 aromatic heterocycles. The maximum Gasteiger partial charge on any atom is 0.306 e. The quantitative estimate of drug-likeness (QED) is 0.0195. The van der Waals surface area contributed by atoms with Crippen molar-refractivity contribution in [2.45, 2.75) is 238 Å². The summed E-state index contributed by atoms with van der Waals surface area (Å²) in [5.41, 5.74) is 0. The molecule has 9 nitrogen and oxygen atoms in total. The van der Waals surface area contributed by atoms with E-state index in [4.69, 9.17) is 18.5 Å². The minimum atomic E-state index is -4.65. The second-order valence-electron chi connectivity index (χ2n) is 20.3. The third-order valence-corrected chi connectivity index (χ3v) is 13.1. The Morgan fingerprint density at radius 3 is 1.21 bits per heavy atom. The third-order valence-electron chi connectivity index (χ3n) is 12.1. The second kappa shape index (κ2) is 52.8. The number of nitrogens with zero attached hydrogens (tertiary/aromatic N) is 1. The number of unbranched alkanes of at least 4 members (excludes halogenated alkanes) is 22. The number of ether oxygens (including phenoxy) is 2. The zero-order valence-corrected chi connectivity index (χ0v) is 47.7. The Morgan fingerprint density at radius 1 is 0.444 bits per heavy atom. The summed E-state index contributed by atoms with van der Waals surface area (Å²) in [6.45, 7) is 4.09. The molecule has 0 radical (unpaired) electrons. The van der Waals surface area contributed by atoms with Gasteiger partial charge in [-0.3, -0.25) is 14.2 Å². The molecule has 0 saturated carbocycles. The van der Waals surface area contributed by atoms with Gasteiger partial charge in [-0.25, -0.2) is 0 Å². The monoisotopic (exact) mass is 1030 g/mol. The predicted octanol–water partition coefficient (Wildman–Crippen LogP) is 17.4. The van der Waals surface area contributed by atoms with Crippen LogP contribution >= 0.6 is 7.82 Å². The highest BCUT2D eigenvalue weighted by molar-refractivity contribution is 7.45. The van der Waals surface area contributed by atoms with Gasteiger partial charge in [0.2, 0.25) is 0 Å². The van der Waals surface area contributed by atoms with Gasteiger partial charge in [-0.2, -0.15) is 0 Å². The number of likely N-dealkylation sites (N-methyl/N-ethyl adjacent to an activating group) is 1. The summed E-state index contributed by atoms with van der Waals surface area (Å²) >= 11 is 0. The number of carbonyl (C=O) groups is 2. The summed E-state index contributed by atoms with van der Waals surface area (Å²) in [4.78, 5) is 37.9. The molecule has 0 amide bonds. The van der Waals surface area contributed by atoms with Gasteiger partial charge in [-0.1, -0.05) is 220 Å². The fourth-order valence-electron chi connectivity index (χ4n) is 7.63. The first-order valence-corrected chi connectivity index (χ1v) is 30.4. The molecule has 0 aliphatic carbocycles. The molecule has 0 aromatic rings. The van der Waals surface area contributed by atoms with Crippen LogP contribution in [0, 0.1) is 0 Å². The molecule has 0 rings (SSSR count).